The second kappa shape index (κ2) is 5.43. The third-order valence-electron chi connectivity index (χ3n) is 4.65. The van der Waals surface area contributed by atoms with Gasteiger partial charge in [-0.2, -0.15) is 0 Å². The Kier molecular flexibility index (Phi) is 3.72. The second-order valence-corrected chi connectivity index (χ2v) is 6.46. The topological polar surface area (TPSA) is 69.6 Å². The molecule has 1 aromatic carbocycles. The van der Waals surface area contributed by atoms with E-state index < -0.39 is 11.9 Å². The number of carboxylic acid groups (broad SMARTS) is 1. The summed E-state index contributed by atoms with van der Waals surface area (Å²) >= 11 is 5.75. The Morgan fingerprint density at radius 3 is 2.59 bits per heavy atom. The summed E-state index contributed by atoms with van der Waals surface area (Å²) < 4.78 is 13.3. The number of piperidine rings is 1. The molecule has 0 radical (unpaired) electrons. The summed E-state index contributed by atoms with van der Waals surface area (Å²) in [5.41, 5.74) is 0.202. The molecule has 1 heterocycles. The number of hydrogen-bond acceptors (Lipinski definition) is 2. The zero-order chi connectivity index (χ0) is 15.9. The number of amides is 2. The fraction of sp³-hybridized carbons (Fsp3) is 0.467. The normalized spacial score (nSPS) is 22.5. The lowest BCUT2D eigenvalue weighted by molar-refractivity contribution is 0.0926. The van der Waals surface area contributed by atoms with Crippen LogP contribution in [-0.2, 0) is 0 Å². The maximum absolute atomic E-state index is 13.3. The van der Waals surface area contributed by atoms with Crippen LogP contribution in [0.1, 0.15) is 29.6 Å². The van der Waals surface area contributed by atoms with Crippen molar-refractivity contribution >= 4 is 23.6 Å². The number of rotatable bonds is 2. The van der Waals surface area contributed by atoms with Gasteiger partial charge in [0, 0.05) is 29.7 Å². The van der Waals surface area contributed by atoms with E-state index in [1.54, 1.807) is 0 Å². The first kappa shape index (κ1) is 15.1. The van der Waals surface area contributed by atoms with Gasteiger partial charge in [-0.05, 0) is 42.9 Å². The minimum atomic E-state index is -0.898. The summed E-state index contributed by atoms with van der Waals surface area (Å²) in [6, 6.07) is 3.77. The van der Waals surface area contributed by atoms with E-state index in [9.17, 15) is 14.0 Å². The summed E-state index contributed by atoms with van der Waals surface area (Å²) in [5.74, 6) is -0.887. The van der Waals surface area contributed by atoms with Gasteiger partial charge in [-0.3, -0.25) is 4.79 Å². The van der Waals surface area contributed by atoms with Gasteiger partial charge in [-0.15, -0.1) is 0 Å². The van der Waals surface area contributed by atoms with E-state index in [-0.39, 0.29) is 28.0 Å². The maximum atomic E-state index is 13.3. The zero-order valence-electron chi connectivity index (χ0n) is 11.8. The van der Waals surface area contributed by atoms with Crippen LogP contribution in [0, 0.1) is 11.2 Å². The molecule has 1 atom stereocenters. The Hall–Kier alpha value is -1.82. The van der Waals surface area contributed by atoms with Gasteiger partial charge in [-0.1, -0.05) is 11.6 Å². The average molecular weight is 327 g/mol. The molecule has 2 aliphatic rings. The molecular weight excluding hydrogens is 311 g/mol. The number of carbonyl (C=O) groups excluding carboxylic acids is 1. The molecule has 1 saturated carbocycles. The molecule has 2 N–H and O–H groups in total. The van der Waals surface area contributed by atoms with Crippen LogP contribution in [0.5, 0.6) is 0 Å². The predicted molar refractivity (Wildman–Crippen MR) is 78.5 cm³/mol. The van der Waals surface area contributed by atoms with Gasteiger partial charge >= 0.3 is 6.09 Å². The van der Waals surface area contributed by atoms with Crippen molar-refractivity contribution < 1.29 is 19.1 Å². The third kappa shape index (κ3) is 2.88. The van der Waals surface area contributed by atoms with E-state index in [0.717, 1.165) is 31.4 Å². The van der Waals surface area contributed by atoms with Crippen LogP contribution >= 0.6 is 11.6 Å². The minimum Gasteiger partial charge on any atom is -0.465 e. The molecule has 1 aliphatic heterocycles. The molecule has 1 aromatic rings. The van der Waals surface area contributed by atoms with E-state index in [0.29, 0.717) is 13.1 Å². The molecule has 1 spiro atoms. The molecule has 7 heteroatoms. The van der Waals surface area contributed by atoms with E-state index in [2.05, 4.69) is 5.32 Å². The fourth-order valence-electron chi connectivity index (χ4n) is 3.17. The van der Waals surface area contributed by atoms with Gasteiger partial charge in [0.1, 0.15) is 5.82 Å². The lowest BCUT2D eigenvalue weighted by atomic mass is 9.93. The van der Waals surface area contributed by atoms with Crippen molar-refractivity contribution in [2.45, 2.75) is 25.3 Å². The SMILES string of the molecule is O=C(N[C@@H]1CC12CCN(C(=O)O)CC2)c1cc(F)cc(Cl)c1. The van der Waals surface area contributed by atoms with Gasteiger partial charge in [0.2, 0.25) is 0 Å². The summed E-state index contributed by atoms with van der Waals surface area (Å²) in [6.07, 6.45) is 1.43. The number of likely N-dealkylation sites (tertiary alicyclic amines) is 1. The van der Waals surface area contributed by atoms with Crippen LogP contribution in [0.25, 0.3) is 0 Å². The number of nitrogens with zero attached hydrogens (tertiary/aromatic N) is 1. The number of benzene rings is 1. The Morgan fingerprint density at radius 2 is 2.00 bits per heavy atom. The lowest BCUT2D eigenvalue weighted by Gasteiger charge is -2.30. The number of carbonyl (C=O) groups is 2. The van der Waals surface area contributed by atoms with Crippen molar-refractivity contribution in [3.05, 3.63) is 34.6 Å². The molecule has 0 unspecified atom stereocenters. The van der Waals surface area contributed by atoms with E-state index in [1.807, 2.05) is 0 Å². The van der Waals surface area contributed by atoms with E-state index >= 15 is 0 Å². The highest BCUT2D eigenvalue weighted by molar-refractivity contribution is 6.31. The molecular formula is C15H16ClFN2O3. The summed E-state index contributed by atoms with van der Waals surface area (Å²) in [7, 11) is 0. The van der Waals surface area contributed by atoms with Crippen LogP contribution in [0.2, 0.25) is 5.02 Å². The van der Waals surface area contributed by atoms with Gasteiger partial charge in [0.15, 0.2) is 0 Å². The highest BCUT2D eigenvalue weighted by Gasteiger charge is 2.56. The van der Waals surface area contributed by atoms with Crippen molar-refractivity contribution in [3.63, 3.8) is 0 Å². The smallest absolute Gasteiger partial charge is 0.407 e. The molecule has 0 bridgehead atoms. The maximum Gasteiger partial charge on any atom is 0.407 e. The largest absolute Gasteiger partial charge is 0.465 e. The highest BCUT2D eigenvalue weighted by Crippen LogP contribution is 2.53. The van der Waals surface area contributed by atoms with Crippen LogP contribution in [-0.4, -0.2) is 41.1 Å². The third-order valence-corrected chi connectivity index (χ3v) is 4.87. The number of nitrogens with one attached hydrogen (secondary N) is 1. The van der Waals surface area contributed by atoms with E-state index in [4.69, 9.17) is 16.7 Å². The van der Waals surface area contributed by atoms with Crippen LogP contribution in [0.3, 0.4) is 0 Å². The molecule has 22 heavy (non-hydrogen) atoms. The second-order valence-electron chi connectivity index (χ2n) is 6.02. The Morgan fingerprint density at radius 1 is 1.32 bits per heavy atom. The molecule has 2 amide bonds. The summed E-state index contributed by atoms with van der Waals surface area (Å²) in [4.78, 5) is 24.5. The molecule has 1 saturated heterocycles. The first-order valence-electron chi connectivity index (χ1n) is 7.14. The van der Waals surface area contributed by atoms with Crippen molar-refractivity contribution in [1.29, 1.82) is 0 Å². The predicted octanol–water partition coefficient (Wildman–Crippen LogP) is 2.74. The minimum absolute atomic E-state index is 0.00126. The molecule has 1 aliphatic carbocycles. The van der Waals surface area contributed by atoms with Crippen molar-refractivity contribution in [2.24, 2.45) is 5.41 Å². The molecule has 5 nitrogen and oxygen atoms in total. The standard InChI is InChI=1S/C15H16ClFN2O3/c16-10-5-9(6-11(17)7-10)13(20)18-12-8-15(12)1-3-19(4-2-15)14(21)22/h5-7,12H,1-4,8H2,(H,18,20)(H,21,22)/t12-/m1/s1. The van der Waals surface area contributed by atoms with Gasteiger partial charge < -0.3 is 15.3 Å². The van der Waals surface area contributed by atoms with Crippen molar-refractivity contribution in [1.82, 2.24) is 10.2 Å². The van der Waals surface area contributed by atoms with Gasteiger partial charge in [0.25, 0.3) is 5.91 Å². The van der Waals surface area contributed by atoms with Crippen molar-refractivity contribution in [3.8, 4) is 0 Å². The fourth-order valence-corrected chi connectivity index (χ4v) is 3.40. The molecule has 118 valence electrons. The Balaban J connectivity index is 1.59. The highest BCUT2D eigenvalue weighted by atomic mass is 35.5. The Labute approximate surface area is 132 Å². The number of halogens is 2. The first-order valence-corrected chi connectivity index (χ1v) is 7.52. The van der Waals surface area contributed by atoms with Crippen LogP contribution < -0.4 is 5.32 Å². The van der Waals surface area contributed by atoms with Crippen LogP contribution in [0.4, 0.5) is 9.18 Å². The molecule has 3 rings (SSSR count). The monoisotopic (exact) mass is 326 g/mol. The lowest BCUT2D eigenvalue weighted by Crippen LogP contribution is -2.41. The summed E-state index contributed by atoms with van der Waals surface area (Å²) in [5, 5.41) is 12.0. The van der Waals surface area contributed by atoms with Crippen molar-refractivity contribution in [2.75, 3.05) is 13.1 Å². The van der Waals surface area contributed by atoms with Gasteiger partial charge in [0.05, 0.1) is 0 Å². The summed E-state index contributed by atoms with van der Waals surface area (Å²) in [6.45, 7) is 0.987. The quantitative estimate of drug-likeness (QED) is 0.878. The number of hydrogen-bond donors (Lipinski definition) is 2. The Bertz CT molecular complexity index is 609. The average Bonchev–Trinajstić information content (AvgIpc) is 3.09. The zero-order valence-corrected chi connectivity index (χ0v) is 12.6. The van der Waals surface area contributed by atoms with Crippen LogP contribution in [0.15, 0.2) is 18.2 Å². The first-order chi connectivity index (χ1) is 10.4. The van der Waals surface area contributed by atoms with E-state index in [1.165, 1.54) is 11.0 Å². The molecule has 2 fully saturated rings. The van der Waals surface area contributed by atoms with Gasteiger partial charge in [-0.25, -0.2) is 9.18 Å². The molecule has 0 aromatic heterocycles.